The van der Waals surface area contributed by atoms with Gasteiger partial charge in [-0.3, -0.25) is 4.79 Å². The minimum Gasteiger partial charge on any atom is -0.355 e. The molecule has 0 aromatic carbocycles. The maximum absolute atomic E-state index is 12.4. The Morgan fingerprint density at radius 1 is 0.639 bits per heavy atom. The molecular weight excluding hydrogens is 508 g/mol. The van der Waals surface area contributed by atoms with E-state index in [1.165, 1.54) is 70.6 Å². The predicted octanol–water partition coefficient (Wildman–Crippen LogP) is 9.28. The van der Waals surface area contributed by atoms with Crippen LogP contribution in [-0.2, 0) is 4.79 Å². The highest BCUT2D eigenvalue weighted by molar-refractivity contribution is 5.79. The van der Waals surface area contributed by atoms with Crippen molar-refractivity contribution in [2.45, 2.75) is 122 Å². The van der Waals surface area contributed by atoms with Gasteiger partial charge in [0.2, 0.25) is 5.91 Å². The first-order valence-electron chi connectivity index (χ1n) is 12.7. The van der Waals surface area contributed by atoms with Crippen LogP contribution in [-0.4, -0.2) is 44.1 Å². The molecule has 0 aliphatic rings. The molecule has 0 saturated heterocycles. The van der Waals surface area contributed by atoms with E-state index in [0.29, 0.717) is 6.42 Å². The van der Waals surface area contributed by atoms with Crippen LogP contribution in [0.5, 0.6) is 0 Å². The second kappa shape index (κ2) is 20.8. The molecule has 1 atom stereocenters. The highest BCUT2D eigenvalue weighted by Crippen LogP contribution is 2.35. The van der Waals surface area contributed by atoms with Gasteiger partial charge in [0.15, 0.2) is 12.6 Å². The van der Waals surface area contributed by atoms with E-state index in [4.69, 9.17) is 0 Å². The number of rotatable bonds is 19. The molecule has 0 aliphatic carbocycles. The van der Waals surface area contributed by atoms with Crippen LogP contribution in [0.15, 0.2) is 0 Å². The van der Waals surface area contributed by atoms with Gasteiger partial charge in [-0.25, -0.2) is 8.78 Å². The van der Waals surface area contributed by atoms with Gasteiger partial charge >= 0.3 is 18.3 Å². The third kappa shape index (κ3) is 19.9. The van der Waals surface area contributed by atoms with Crippen molar-refractivity contribution in [1.29, 1.82) is 0 Å². The maximum atomic E-state index is 12.4. The zero-order valence-corrected chi connectivity index (χ0v) is 21.0. The topological polar surface area (TPSA) is 29.1 Å². The molecule has 1 amide bonds. The van der Waals surface area contributed by atoms with Crippen LogP contribution in [0.4, 0.5) is 43.9 Å². The molecule has 12 heteroatoms. The van der Waals surface area contributed by atoms with E-state index in [0.717, 1.165) is 19.3 Å². The molecule has 0 fully saturated rings. The minimum absolute atomic E-state index is 0.184. The first-order chi connectivity index (χ1) is 16.7. The zero-order chi connectivity index (χ0) is 28.1. The molecule has 0 aromatic heterocycles. The zero-order valence-electron chi connectivity index (χ0n) is 21.0. The number of hydrogen-bond donors (Lipinski definition) is 1. The van der Waals surface area contributed by atoms with Gasteiger partial charge in [-0.2, -0.15) is 35.1 Å². The van der Waals surface area contributed by atoms with Crippen molar-refractivity contribution in [3.05, 3.63) is 0 Å². The lowest BCUT2D eigenvalue weighted by Crippen LogP contribution is -2.41. The second-order valence-corrected chi connectivity index (χ2v) is 8.83. The fourth-order valence-electron chi connectivity index (χ4n) is 3.21. The smallest absolute Gasteiger partial charge is 0.355 e. The highest BCUT2D eigenvalue weighted by atomic mass is 19.4. The van der Waals surface area contributed by atoms with Gasteiger partial charge in [0, 0.05) is 6.54 Å². The quantitative estimate of drug-likeness (QED) is 0.126. The lowest BCUT2D eigenvalue weighted by atomic mass is 10.0. The number of carbonyl (C=O) groups is 1. The number of unbranched alkanes of at least 4 members (excludes halogenated alkanes) is 14. The van der Waals surface area contributed by atoms with E-state index in [1.807, 2.05) is 0 Å². The molecule has 1 unspecified atom stereocenters. The molecule has 0 spiro atoms. The van der Waals surface area contributed by atoms with Gasteiger partial charge < -0.3 is 5.32 Å². The van der Waals surface area contributed by atoms with Crippen molar-refractivity contribution in [1.82, 2.24) is 5.32 Å². The van der Waals surface area contributed by atoms with Crippen molar-refractivity contribution in [3.8, 4) is 0 Å². The van der Waals surface area contributed by atoms with Crippen molar-refractivity contribution in [3.63, 3.8) is 0 Å². The van der Waals surface area contributed by atoms with Crippen molar-refractivity contribution in [2.24, 2.45) is 5.92 Å². The Morgan fingerprint density at radius 2 is 1.00 bits per heavy atom. The first-order valence-corrected chi connectivity index (χ1v) is 12.7. The van der Waals surface area contributed by atoms with Crippen molar-refractivity contribution in [2.75, 3.05) is 19.9 Å². The molecular formula is C24H41F10NO. The summed E-state index contributed by atoms with van der Waals surface area (Å²) < 4.78 is 115. The molecule has 0 aliphatic heterocycles. The monoisotopic (exact) mass is 549 g/mol. The molecule has 218 valence electrons. The summed E-state index contributed by atoms with van der Waals surface area (Å²) in [5, 5.41) is 2.19. The lowest BCUT2D eigenvalue weighted by molar-refractivity contribution is -0.286. The summed E-state index contributed by atoms with van der Waals surface area (Å²) in [7, 11) is 0. The molecule has 0 bridgehead atoms. The number of amides is 1. The van der Waals surface area contributed by atoms with E-state index in [9.17, 15) is 48.7 Å². The van der Waals surface area contributed by atoms with Crippen LogP contribution in [0, 0.1) is 5.92 Å². The predicted molar refractivity (Wildman–Crippen MR) is 120 cm³/mol. The Labute approximate surface area is 208 Å². The van der Waals surface area contributed by atoms with E-state index in [1.54, 1.807) is 0 Å². The minimum atomic E-state index is -5.76. The van der Waals surface area contributed by atoms with Gasteiger partial charge in [0.05, 0.1) is 0 Å². The summed E-state index contributed by atoms with van der Waals surface area (Å²) in [4.78, 5) is 11.3. The van der Waals surface area contributed by atoms with Crippen LogP contribution in [0.25, 0.3) is 0 Å². The van der Waals surface area contributed by atoms with E-state index in [-0.39, 0.29) is 6.54 Å². The Hall–Kier alpha value is -1.23. The highest BCUT2D eigenvalue weighted by Gasteiger charge is 2.57. The standard InChI is InChI=1S/C21H39F4NO.C3H2F6/c1-2-3-4-5-6-7-8-9-10-11-12-13-14-15-16-17-26-20(27)19(18-22)21(23,24)25;4-1-2(5,6)3(7,8)9/h19H,2-18H2,1H3,(H,26,27);1H2. The number of carbonyl (C=O) groups excluding carboxylic acids is 1. The molecule has 36 heavy (non-hydrogen) atoms. The van der Waals surface area contributed by atoms with E-state index < -0.39 is 43.4 Å². The van der Waals surface area contributed by atoms with Crippen LogP contribution in [0.1, 0.15) is 103 Å². The molecule has 0 heterocycles. The Morgan fingerprint density at radius 3 is 1.25 bits per heavy atom. The summed E-state index contributed by atoms with van der Waals surface area (Å²) >= 11 is 0. The Bertz CT molecular complexity index is 524. The van der Waals surface area contributed by atoms with Gasteiger partial charge in [-0.05, 0) is 6.42 Å². The summed E-state index contributed by atoms with van der Waals surface area (Å²) in [6, 6.07) is 0. The number of alkyl halides is 10. The molecule has 0 aromatic rings. The molecule has 1 N–H and O–H groups in total. The summed E-state index contributed by atoms with van der Waals surface area (Å²) in [6.45, 7) is -1.98. The van der Waals surface area contributed by atoms with Crippen molar-refractivity contribution >= 4 is 5.91 Å². The van der Waals surface area contributed by atoms with Crippen LogP contribution >= 0.6 is 0 Å². The van der Waals surface area contributed by atoms with Gasteiger partial charge in [0.25, 0.3) is 0 Å². The summed E-state index contributed by atoms with van der Waals surface area (Å²) in [5.41, 5.74) is 0. The second-order valence-electron chi connectivity index (χ2n) is 8.83. The van der Waals surface area contributed by atoms with Crippen molar-refractivity contribution < 1.29 is 48.7 Å². The third-order valence-corrected chi connectivity index (χ3v) is 5.53. The normalized spacial score (nSPS) is 13.2. The molecule has 2 nitrogen and oxygen atoms in total. The number of halogens is 10. The summed E-state index contributed by atoms with van der Waals surface area (Å²) in [6.07, 6.45) is 7.60. The lowest BCUT2D eigenvalue weighted by Gasteiger charge is -2.16. The maximum Gasteiger partial charge on any atom is 0.456 e. The van der Waals surface area contributed by atoms with Gasteiger partial charge in [0.1, 0.15) is 6.67 Å². The fourth-order valence-corrected chi connectivity index (χ4v) is 3.21. The first kappa shape index (κ1) is 36.9. The fraction of sp³-hybridized carbons (Fsp3) is 0.958. The largest absolute Gasteiger partial charge is 0.456 e. The van der Waals surface area contributed by atoms with Crippen LogP contribution in [0.3, 0.4) is 0 Å². The Balaban J connectivity index is 0. The average molecular weight is 550 g/mol. The number of nitrogens with one attached hydrogen (secondary N) is 1. The summed E-state index contributed by atoms with van der Waals surface area (Å²) in [5.74, 6) is -8.98. The van der Waals surface area contributed by atoms with E-state index >= 15 is 0 Å². The average Bonchev–Trinajstić information content (AvgIpc) is 2.78. The van der Waals surface area contributed by atoms with Crippen LogP contribution in [0.2, 0.25) is 0 Å². The molecule has 0 saturated carbocycles. The SMILES string of the molecule is CCCCCCCCCCCCCCCCCNC(=O)C(CF)C(F)(F)F.FCC(F)(F)C(F)(F)F. The Kier molecular flexibility index (Phi) is 21.3. The number of hydrogen-bond acceptors (Lipinski definition) is 1. The molecule has 0 radical (unpaired) electrons. The van der Waals surface area contributed by atoms with Gasteiger partial charge in [-0.1, -0.05) is 96.8 Å². The molecule has 0 rings (SSSR count). The van der Waals surface area contributed by atoms with Crippen LogP contribution < -0.4 is 5.32 Å². The third-order valence-electron chi connectivity index (χ3n) is 5.53. The van der Waals surface area contributed by atoms with E-state index in [2.05, 4.69) is 12.2 Å². The van der Waals surface area contributed by atoms with Gasteiger partial charge in [-0.15, -0.1) is 0 Å².